The minimum Gasteiger partial charge on any atom is -0.372 e. The zero-order valence-electron chi connectivity index (χ0n) is 17.7. The number of amides is 2. The van der Waals surface area contributed by atoms with E-state index in [1.54, 1.807) is 16.8 Å². The second kappa shape index (κ2) is 9.59. The van der Waals surface area contributed by atoms with Crippen molar-refractivity contribution >= 4 is 23.2 Å². The lowest BCUT2D eigenvalue weighted by molar-refractivity contribution is -0.130. The molecule has 1 aliphatic rings. The molecule has 1 aliphatic heterocycles. The van der Waals surface area contributed by atoms with Crippen LogP contribution in [-0.2, 0) is 16.1 Å². The Morgan fingerprint density at radius 2 is 1.62 bits per heavy atom. The van der Waals surface area contributed by atoms with Crippen LogP contribution >= 0.6 is 0 Å². The summed E-state index contributed by atoms with van der Waals surface area (Å²) in [6.45, 7) is 6.51. The standard InChI is InChI=1S/C24H31N3O2/c1-19-13-15-26(16-14-19)22-9-11-23(12-10-22)27(20(2)28)18-24(29)25(3)17-21-7-5-4-6-8-21/h4-12,19H,13-18H2,1-3H3. The number of nitrogens with zero attached hydrogens (tertiary/aromatic N) is 3. The summed E-state index contributed by atoms with van der Waals surface area (Å²) >= 11 is 0. The van der Waals surface area contributed by atoms with Crippen LogP contribution in [0.5, 0.6) is 0 Å². The minimum atomic E-state index is -0.133. The molecular weight excluding hydrogens is 362 g/mol. The van der Waals surface area contributed by atoms with Crippen molar-refractivity contribution in [2.75, 3.05) is 36.5 Å². The van der Waals surface area contributed by atoms with Gasteiger partial charge in [0.2, 0.25) is 11.8 Å². The van der Waals surface area contributed by atoms with Crippen LogP contribution in [0.1, 0.15) is 32.3 Å². The van der Waals surface area contributed by atoms with Gasteiger partial charge in [0.1, 0.15) is 6.54 Å². The molecule has 0 atom stereocenters. The molecule has 0 bridgehead atoms. The van der Waals surface area contributed by atoms with Gasteiger partial charge in [-0.05, 0) is 48.6 Å². The third-order valence-electron chi connectivity index (χ3n) is 5.67. The maximum atomic E-state index is 12.7. The van der Waals surface area contributed by atoms with E-state index in [9.17, 15) is 9.59 Å². The number of hydrogen-bond donors (Lipinski definition) is 0. The summed E-state index contributed by atoms with van der Waals surface area (Å²) in [4.78, 5) is 30.5. The highest BCUT2D eigenvalue weighted by Crippen LogP contribution is 2.25. The maximum Gasteiger partial charge on any atom is 0.242 e. The van der Waals surface area contributed by atoms with Crippen molar-refractivity contribution < 1.29 is 9.59 Å². The van der Waals surface area contributed by atoms with Gasteiger partial charge in [-0.2, -0.15) is 0 Å². The molecule has 29 heavy (non-hydrogen) atoms. The predicted octanol–water partition coefficient (Wildman–Crippen LogP) is 3.93. The highest BCUT2D eigenvalue weighted by molar-refractivity contribution is 5.97. The van der Waals surface area contributed by atoms with E-state index in [4.69, 9.17) is 0 Å². The van der Waals surface area contributed by atoms with Gasteiger partial charge >= 0.3 is 0 Å². The fourth-order valence-corrected chi connectivity index (χ4v) is 3.70. The van der Waals surface area contributed by atoms with Gasteiger partial charge in [0.15, 0.2) is 0 Å². The third-order valence-corrected chi connectivity index (χ3v) is 5.67. The van der Waals surface area contributed by atoms with Crippen LogP contribution in [0.25, 0.3) is 0 Å². The Morgan fingerprint density at radius 3 is 2.21 bits per heavy atom. The summed E-state index contributed by atoms with van der Waals surface area (Å²) in [5, 5.41) is 0. The SMILES string of the molecule is CC(=O)N(CC(=O)N(C)Cc1ccccc1)c1ccc(N2CCC(C)CC2)cc1. The quantitative estimate of drug-likeness (QED) is 0.747. The Labute approximate surface area is 173 Å². The number of anilines is 2. The van der Waals surface area contributed by atoms with Crippen molar-refractivity contribution in [1.82, 2.24) is 4.90 Å². The van der Waals surface area contributed by atoms with Crippen molar-refractivity contribution in [3.63, 3.8) is 0 Å². The Bertz CT molecular complexity index is 812. The predicted molar refractivity (Wildman–Crippen MR) is 118 cm³/mol. The van der Waals surface area contributed by atoms with Crippen molar-refractivity contribution in [2.45, 2.75) is 33.2 Å². The normalized spacial score (nSPS) is 14.5. The summed E-state index contributed by atoms with van der Waals surface area (Å²) in [5.41, 5.74) is 3.00. The molecule has 5 heteroatoms. The van der Waals surface area contributed by atoms with Gasteiger partial charge in [0.25, 0.3) is 0 Å². The molecule has 3 rings (SSSR count). The van der Waals surface area contributed by atoms with Crippen molar-refractivity contribution in [3.05, 3.63) is 60.2 Å². The van der Waals surface area contributed by atoms with E-state index < -0.39 is 0 Å². The first-order valence-corrected chi connectivity index (χ1v) is 10.3. The number of carbonyl (C=O) groups excluding carboxylic acids is 2. The number of benzene rings is 2. The molecule has 2 amide bonds. The summed E-state index contributed by atoms with van der Waals surface area (Å²) in [6.07, 6.45) is 2.42. The fraction of sp³-hybridized carbons (Fsp3) is 0.417. The Balaban J connectivity index is 1.64. The maximum absolute atomic E-state index is 12.7. The Hall–Kier alpha value is -2.82. The van der Waals surface area contributed by atoms with Crippen molar-refractivity contribution in [3.8, 4) is 0 Å². The molecule has 5 nitrogen and oxygen atoms in total. The highest BCUT2D eigenvalue weighted by Gasteiger charge is 2.20. The molecule has 0 N–H and O–H groups in total. The number of piperidine rings is 1. The molecular formula is C24H31N3O2. The summed E-state index contributed by atoms with van der Waals surface area (Å²) in [5.74, 6) is 0.571. The first-order chi connectivity index (χ1) is 13.9. The van der Waals surface area contributed by atoms with Crippen LogP contribution in [0.2, 0.25) is 0 Å². The zero-order chi connectivity index (χ0) is 20.8. The van der Waals surface area contributed by atoms with E-state index >= 15 is 0 Å². The number of likely N-dealkylation sites (N-methyl/N-ethyl adjacent to an activating group) is 1. The number of rotatable bonds is 6. The molecule has 0 unspecified atom stereocenters. The second-order valence-electron chi connectivity index (χ2n) is 8.03. The largest absolute Gasteiger partial charge is 0.372 e. The molecule has 154 valence electrons. The number of carbonyl (C=O) groups is 2. The van der Waals surface area contributed by atoms with Gasteiger partial charge in [-0.3, -0.25) is 9.59 Å². The van der Waals surface area contributed by atoms with Gasteiger partial charge in [0, 0.05) is 45.0 Å². The Kier molecular flexibility index (Phi) is 6.91. The first kappa shape index (κ1) is 20.9. The van der Waals surface area contributed by atoms with Crippen LogP contribution in [-0.4, -0.2) is 43.4 Å². The summed E-state index contributed by atoms with van der Waals surface area (Å²) in [6, 6.07) is 17.9. The minimum absolute atomic E-state index is 0.0409. The lowest BCUT2D eigenvalue weighted by atomic mass is 9.99. The molecule has 0 aliphatic carbocycles. The van der Waals surface area contributed by atoms with E-state index in [0.717, 1.165) is 30.3 Å². The van der Waals surface area contributed by atoms with Gasteiger partial charge in [-0.15, -0.1) is 0 Å². The molecule has 2 aromatic rings. The van der Waals surface area contributed by atoms with E-state index in [2.05, 4.69) is 24.0 Å². The first-order valence-electron chi connectivity index (χ1n) is 10.3. The van der Waals surface area contributed by atoms with Gasteiger partial charge in [-0.25, -0.2) is 0 Å². The summed E-state index contributed by atoms with van der Waals surface area (Å²) in [7, 11) is 1.77. The van der Waals surface area contributed by atoms with Crippen LogP contribution in [0.3, 0.4) is 0 Å². The van der Waals surface area contributed by atoms with E-state index in [0.29, 0.717) is 6.54 Å². The monoisotopic (exact) mass is 393 g/mol. The number of hydrogen-bond acceptors (Lipinski definition) is 3. The topological polar surface area (TPSA) is 43.9 Å². The van der Waals surface area contributed by atoms with E-state index in [1.165, 1.54) is 25.5 Å². The van der Waals surface area contributed by atoms with Gasteiger partial charge < -0.3 is 14.7 Å². The molecule has 1 saturated heterocycles. The highest BCUT2D eigenvalue weighted by atomic mass is 16.2. The molecule has 2 aromatic carbocycles. The lowest BCUT2D eigenvalue weighted by Crippen LogP contribution is -2.40. The van der Waals surface area contributed by atoms with Crippen molar-refractivity contribution in [1.29, 1.82) is 0 Å². The molecule has 1 heterocycles. The van der Waals surface area contributed by atoms with Crippen molar-refractivity contribution in [2.24, 2.45) is 5.92 Å². The molecule has 0 spiro atoms. The van der Waals surface area contributed by atoms with Gasteiger partial charge in [0.05, 0.1) is 0 Å². The van der Waals surface area contributed by atoms with Crippen LogP contribution in [0.4, 0.5) is 11.4 Å². The van der Waals surface area contributed by atoms with Crippen LogP contribution in [0.15, 0.2) is 54.6 Å². The Morgan fingerprint density at radius 1 is 1.00 bits per heavy atom. The molecule has 1 fully saturated rings. The fourth-order valence-electron chi connectivity index (χ4n) is 3.70. The smallest absolute Gasteiger partial charge is 0.242 e. The van der Waals surface area contributed by atoms with Crippen LogP contribution < -0.4 is 9.80 Å². The average Bonchev–Trinajstić information content (AvgIpc) is 2.73. The third kappa shape index (κ3) is 5.59. The van der Waals surface area contributed by atoms with Gasteiger partial charge in [-0.1, -0.05) is 37.3 Å². The lowest BCUT2D eigenvalue weighted by Gasteiger charge is -2.32. The molecule has 0 aromatic heterocycles. The average molecular weight is 394 g/mol. The second-order valence-corrected chi connectivity index (χ2v) is 8.03. The molecule has 0 saturated carbocycles. The zero-order valence-corrected chi connectivity index (χ0v) is 17.7. The molecule has 0 radical (unpaired) electrons. The summed E-state index contributed by atoms with van der Waals surface area (Å²) < 4.78 is 0. The van der Waals surface area contributed by atoms with Crippen LogP contribution in [0, 0.1) is 5.92 Å². The van der Waals surface area contributed by atoms with E-state index in [1.807, 2.05) is 42.5 Å². The van der Waals surface area contributed by atoms with E-state index in [-0.39, 0.29) is 18.4 Å².